The summed E-state index contributed by atoms with van der Waals surface area (Å²) in [6.45, 7) is 0. The molecular weight excluding hydrogens is 169 g/mol. The van der Waals surface area contributed by atoms with Crippen LogP contribution in [-0.4, -0.2) is 27.1 Å². The van der Waals surface area contributed by atoms with Gasteiger partial charge in [0.15, 0.2) is 5.82 Å². The fourth-order valence-corrected chi connectivity index (χ4v) is 0.594. The van der Waals surface area contributed by atoms with E-state index in [-0.39, 0.29) is 5.46 Å². The number of rotatable bonds is 2. The third kappa shape index (κ3) is 1.96. The molecule has 0 aromatic carbocycles. The molecule has 0 saturated carbocycles. The summed E-state index contributed by atoms with van der Waals surface area (Å²) in [5.74, 6) is -0.626. The van der Waals surface area contributed by atoms with Gasteiger partial charge in [0.05, 0.1) is 0 Å². The van der Waals surface area contributed by atoms with E-state index < -0.39 is 19.4 Å². The van der Waals surface area contributed by atoms with Crippen LogP contribution >= 0.6 is 0 Å². The lowest BCUT2D eigenvalue weighted by Gasteiger charge is -1.99. The van der Waals surface area contributed by atoms with Crippen molar-refractivity contribution in [1.82, 2.24) is 9.97 Å². The van der Waals surface area contributed by atoms with E-state index in [2.05, 4.69) is 9.97 Å². The van der Waals surface area contributed by atoms with Gasteiger partial charge in [-0.05, 0) is 0 Å². The summed E-state index contributed by atoms with van der Waals surface area (Å²) in [6.07, 6.45) is -0.854. The van der Waals surface area contributed by atoms with Gasteiger partial charge < -0.3 is 10.0 Å². The number of alkyl halides is 2. The zero-order valence-corrected chi connectivity index (χ0v) is 5.85. The molecule has 0 aliphatic carbocycles. The first-order chi connectivity index (χ1) is 5.61. The average Bonchev–Trinajstić information content (AvgIpc) is 2.04. The van der Waals surface area contributed by atoms with E-state index >= 15 is 0 Å². The van der Waals surface area contributed by atoms with Crippen molar-refractivity contribution in [2.24, 2.45) is 0 Å². The highest BCUT2D eigenvalue weighted by Crippen LogP contribution is 2.10. The average molecular weight is 174 g/mol. The van der Waals surface area contributed by atoms with E-state index in [0.29, 0.717) is 0 Å². The zero-order chi connectivity index (χ0) is 9.14. The second-order valence-electron chi connectivity index (χ2n) is 2.05. The first kappa shape index (κ1) is 9.02. The van der Waals surface area contributed by atoms with Crippen LogP contribution in [0.2, 0.25) is 0 Å². The summed E-state index contributed by atoms with van der Waals surface area (Å²) in [7, 11) is -1.73. The lowest BCUT2D eigenvalue weighted by molar-refractivity contribution is 0.140. The van der Waals surface area contributed by atoms with Crippen LogP contribution in [0.15, 0.2) is 12.4 Å². The van der Waals surface area contributed by atoms with Gasteiger partial charge in [-0.3, -0.25) is 0 Å². The molecule has 1 aromatic rings. The number of hydrogen-bond acceptors (Lipinski definition) is 4. The number of aromatic nitrogens is 2. The summed E-state index contributed by atoms with van der Waals surface area (Å²) in [4.78, 5) is 6.44. The molecule has 7 heteroatoms. The van der Waals surface area contributed by atoms with Crippen molar-refractivity contribution in [2.75, 3.05) is 0 Å². The molecule has 0 unspecified atom stereocenters. The molecule has 0 radical (unpaired) electrons. The molecule has 0 bridgehead atoms. The van der Waals surface area contributed by atoms with Crippen molar-refractivity contribution in [1.29, 1.82) is 0 Å². The Morgan fingerprint density at radius 1 is 1.25 bits per heavy atom. The van der Waals surface area contributed by atoms with Crippen LogP contribution in [-0.2, 0) is 0 Å². The van der Waals surface area contributed by atoms with E-state index in [0.717, 1.165) is 12.4 Å². The maximum absolute atomic E-state index is 11.8. The molecule has 0 spiro atoms. The quantitative estimate of drug-likeness (QED) is 0.569. The van der Waals surface area contributed by atoms with Gasteiger partial charge in [0.1, 0.15) is 0 Å². The molecule has 0 aliphatic heterocycles. The predicted molar refractivity (Wildman–Crippen MR) is 36.8 cm³/mol. The molecule has 1 rings (SSSR count). The molecule has 64 valence electrons. The van der Waals surface area contributed by atoms with Crippen molar-refractivity contribution < 1.29 is 18.8 Å². The number of hydrogen-bond donors (Lipinski definition) is 2. The third-order valence-electron chi connectivity index (χ3n) is 1.19. The van der Waals surface area contributed by atoms with Crippen molar-refractivity contribution in [2.45, 2.75) is 6.43 Å². The maximum Gasteiger partial charge on any atom is 0.491 e. The van der Waals surface area contributed by atoms with Gasteiger partial charge in [-0.15, -0.1) is 0 Å². The summed E-state index contributed by atoms with van der Waals surface area (Å²) in [5, 5.41) is 17.1. The Balaban J connectivity index is 2.86. The molecule has 1 aromatic heterocycles. The van der Waals surface area contributed by atoms with Gasteiger partial charge in [-0.2, -0.15) is 0 Å². The van der Waals surface area contributed by atoms with E-state index in [4.69, 9.17) is 10.0 Å². The fraction of sp³-hybridized carbons (Fsp3) is 0.200. The second kappa shape index (κ2) is 3.55. The Kier molecular flexibility index (Phi) is 2.67. The van der Waals surface area contributed by atoms with Crippen molar-refractivity contribution in [3.05, 3.63) is 18.2 Å². The highest BCUT2D eigenvalue weighted by molar-refractivity contribution is 6.58. The minimum Gasteiger partial charge on any atom is -0.423 e. The van der Waals surface area contributed by atoms with Crippen molar-refractivity contribution >= 4 is 12.6 Å². The van der Waals surface area contributed by atoms with Crippen LogP contribution in [0, 0.1) is 0 Å². The van der Waals surface area contributed by atoms with E-state index in [1.807, 2.05) is 0 Å². The third-order valence-corrected chi connectivity index (χ3v) is 1.19. The van der Waals surface area contributed by atoms with E-state index in [9.17, 15) is 8.78 Å². The minimum absolute atomic E-state index is 0.0144. The largest absolute Gasteiger partial charge is 0.491 e. The SMILES string of the molecule is OB(O)c1cnc(C(F)F)nc1. The van der Waals surface area contributed by atoms with Gasteiger partial charge in [0.25, 0.3) is 6.43 Å². The van der Waals surface area contributed by atoms with Crippen molar-refractivity contribution in [3.63, 3.8) is 0 Å². The van der Waals surface area contributed by atoms with Gasteiger partial charge in [-0.1, -0.05) is 0 Å². The van der Waals surface area contributed by atoms with Gasteiger partial charge in [0.2, 0.25) is 0 Å². The lowest BCUT2D eigenvalue weighted by atomic mass is 9.83. The summed E-state index contributed by atoms with van der Waals surface area (Å²) < 4.78 is 23.7. The lowest BCUT2D eigenvalue weighted by Crippen LogP contribution is -2.30. The fourth-order valence-electron chi connectivity index (χ4n) is 0.594. The van der Waals surface area contributed by atoms with Gasteiger partial charge in [0, 0.05) is 17.9 Å². The maximum atomic E-state index is 11.8. The molecule has 0 atom stereocenters. The summed E-state index contributed by atoms with van der Waals surface area (Å²) >= 11 is 0. The Labute approximate surface area is 67.0 Å². The molecule has 0 aliphatic rings. The van der Waals surface area contributed by atoms with Gasteiger partial charge >= 0.3 is 7.12 Å². The smallest absolute Gasteiger partial charge is 0.423 e. The van der Waals surface area contributed by atoms with Crippen LogP contribution < -0.4 is 5.46 Å². The monoisotopic (exact) mass is 174 g/mol. The Morgan fingerprint density at radius 2 is 1.75 bits per heavy atom. The normalized spacial score (nSPS) is 10.4. The van der Waals surface area contributed by atoms with Crippen LogP contribution in [0.3, 0.4) is 0 Å². The topological polar surface area (TPSA) is 66.2 Å². The standard InChI is InChI=1S/C5H5BF2N2O2/c7-4(8)5-9-1-3(2-10-5)6(11)12/h1-2,4,11-12H. The molecule has 12 heavy (non-hydrogen) atoms. The highest BCUT2D eigenvalue weighted by Gasteiger charge is 2.14. The van der Waals surface area contributed by atoms with Crippen LogP contribution in [0.5, 0.6) is 0 Å². The molecule has 2 N–H and O–H groups in total. The molecule has 0 saturated heterocycles. The first-order valence-electron chi connectivity index (χ1n) is 3.07. The summed E-state index contributed by atoms with van der Waals surface area (Å²) in [5.41, 5.74) is -0.0144. The van der Waals surface area contributed by atoms with Crippen LogP contribution in [0.1, 0.15) is 12.2 Å². The van der Waals surface area contributed by atoms with Crippen LogP contribution in [0.4, 0.5) is 8.78 Å². The Bertz CT molecular complexity index is 227. The molecule has 1 heterocycles. The van der Waals surface area contributed by atoms with Crippen molar-refractivity contribution in [3.8, 4) is 0 Å². The molecule has 0 fully saturated rings. The zero-order valence-electron chi connectivity index (χ0n) is 5.85. The Hall–Kier alpha value is -1.08. The Morgan fingerprint density at radius 3 is 2.08 bits per heavy atom. The molecule has 4 nitrogen and oxygen atoms in total. The number of halogens is 2. The van der Waals surface area contributed by atoms with Crippen LogP contribution in [0.25, 0.3) is 0 Å². The molecule has 0 amide bonds. The van der Waals surface area contributed by atoms with E-state index in [1.165, 1.54) is 0 Å². The van der Waals surface area contributed by atoms with E-state index in [1.54, 1.807) is 0 Å². The van der Waals surface area contributed by atoms with Gasteiger partial charge in [-0.25, -0.2) is 18.7 Å². The first-order valence-corrected chi connectivity index (χ1v) is 3.07. The summed E-state index contributed by atoms with van der Waals surface area (Å²) in [6, 6.07) is 0. The molecular formula is C5H5BF2N2O2. The highest BCUT2D eigenvalue weighted by atomic mass is 19.3. The predicted octanol–water partition coefficient (Wildman–Crippen LogP) is -0.906. The minimum atomic E-state index is -2.74. The number of nitrogens with zero attached hydrogens (tertiary/aromatic N) is 2. The second-order valence-corrected chi connectivity index (χ2v) is 2.05.